The van der Waals surface area contributed by atoms with E-state index < -0.39 is 0 Å². The highest BCUT2D eigenvalue weighted by Crippen LogP contribution is 2.34. The Kier molecular flexibility index (Phi) is 2.85. The summed E-state index contributed by atoms with van der Waals surface area (Å²) < 4.78 is 14.7. The Morgan fingerprint density at radius 3 is 2.70 bits per heavy atom. The number of ketones is 1. The minimum atomic E-state index is -0.383. The predicted molar refractivity (Wildman–Crippen MR) is 71.6 cm³/mol. The minimum absolute atomic E-state index is 0.0505. The average molecular weight is 272 g/mol. The lowest BCUT2D eigenvalue weighted by molar-refractivity contribution is -0.114. The monoisotopic (exact) mass is 272 g/mol. The van der Waals surface area contributed by atoms with Crippen LogP contribution < -0.4 is 5.32 Å². The number of carbonyl (C=O) groups excluding carboxylic acids is 1. The van der Waals surface area contributed by atoms with Crippen molar-refractivity contribution >= 4 is 11.7 Å². The van der Waals surface area contributed by atoms with Gasteiger partial charge in [0.2, 0.25) is 5.95 Å². The molecule has 20 heavy (non-hydrogen) atoms. The Morgan fingerprint density at radius 2 is 2.05 bits per heavy atom. The van der Waals surface area contributed by atoms with Crippen LogP contribution in [-0.4, -0.2) is 20.5 Å². The molecule has 1 aliphatic rings. The molecular weight excluding hydrogens is 259 g/mol. The minimum Gasteiger partial charge on any atom is -0.328 e. The molecule has 6 heteroatoms. The van der Waals surface area contributed by atoms with E-state index in [1.807, 2.05) is 6.92 Å². The Balaban J connectivity index is 2.19. The van der Waals surface area contributed by atoms with Gasteiger partial charge in [-0.05, 0) is 31.5 Å². The highest BCUT2D eigenvalue weighted by Gasteiger charge is 2.31. The Hall–Kier alpha value is -2.50. The summed E-state index contributed by atoms with van der Waals surface area (Å²) in [5.74, 6) is 0.207. The van der Waals surface area contributed by atoms with Gasteiger partial charge in [0.15, 0.2) is 5.78 Å². The average Bonchev–Trinajstić information content (AvgIpc) is 2.85. The Morgan fingerprint density at radius 1 is 1.35 bits per heavy atom. The quantitative estimate of drug-likeness (QED) is 0.911. The van der Waals surface area contributed by atoms with Crippen LogP contribution in [0.4, 0.5) is 10.3 Å². The summed E-state index contributed by atoms with van der Waals surface area (Å²) in [6.45, 7) is 3.34. The van der Waals surface area contributed by atoms with Gasteiger partial charge in [0, 0.05) is 11.3 Å². The summed E-state index contributed by atoms with van der Waals surface area (Å²) in [7, 11) is 0. The smallest absolute Gasteiger partial charge is 0.226 e. The molecule has 1 aromatic heterocycles. The standard InChI is InChI=1S/C14H13FN4O/c1-8-12(9(2)20)13(10-3-5-11(15)6-4-10)19-14(18-8)16-7-17-19/h3-7,13H,1-2H3,(H,16,17,18)/t13-/m0/s1. The number of aromatic nitrogens is 3. The van der Waals surface area contributed by atoms with Gasteiger partial charge in [0.1, 0.15) is 18.2 Å². The van der Waals surface area contributed by atoms with E-state index in [9.17, 15) is 9.18 Å². The third-order valence-corrected chi connectivity index (χ3v) is 3.36. The second-order valence-electron chi connectivity index (χ2n) is 4.70. The molecular formula is C14H13FN4O. The number of anilines is 1. The van der Waals surface area contributed by atoms with E-state index in [2.05, 4.69) is 15.4 Å². The summed E-state index contributed by atoms with van der Waals surface area (Å²) in [5.41, 5.74) is 2.14. The summed E-state index contributed by atoms with van der Waals surface area (Å²) in [6.07, 6.45) is 1.43. The number of hydrogen-bond acceptors (Lipinski definition) is 4. The molecule has 2 heterocycles. The van der Waals surface area contributed by atoms with Crippen molar-refractivity contribution in [3.05, 3.63) is 53.2 Å². The summed E-state index contributed by atoms with van der Waals surface area (Å²) >= 11 is 0. The molecule has 0 saturated carbocycles. The number of allylic oxidation sites excluding steroid dienone is 2. The van der Waals surface area contributed by atoms with E-state index in [-0.39, 0.29) is 17.6 Å². The van der Waals surface area contributed by atoms with Crippen molar-refractivity contribution in [2.75, 3.05) is 5.32 Å². The lowest BCUT2D eigenvalue weighted by Gasteiger charge is -2.28. The Bertz CT molecular complexity index is 702. The van der Waals surface area contributed by atoms with E-state index in [0.29, 0.717) is 11.5 Å². The number of fused-ring (bicyclic) bond motifs is 1. The molecule has 0 aliphatic carbocycles. The van der Waals surface area contributed by atoms with Crippen LogP contribution in [0.2, 0.25) is 0 Å². The number of rotatable bonds is 2. The van der Waals surface area contributed by atoms with E-state index >= 15 is 0 Å². The van der Waals surface area contributed by atoms with Gasteiger partial charge in [-0.1, -0.05) is 12.1 Å². The first-order chi connectivity index (χ1) is 9.58. The van der Waals surface area contributed by atoms with E-state index in [1.54, 1.807) is 16.8 Å². The molecule has 0 unspecified atom stereocenters. The van der Waals surface area contributed by atoms with Crippen molar-refractivity contribution in [2.45, 2.75) is 19.9 Å². The zero-order valence-corrected chi connectivity index (χ0v) is 11.1. The molecule has 1 aliphatic heterocycles. The van der Waals surface area contributed by atoms with Crippen LogP contribution in [0.3, 0.4) is 0 Å². The van der Waals surface area contributed by atoms with Gasteiger partial charge >= 0.3 is 0 Å². The largest absolute Gasteiger partial charge is 0.328 e. The molecule has 0 amide bonds. The number of Topliss-reactive ketones (excluding diaryl/α,β-unsaturated/α-hetero) is 1. The molecule has 102 valence electrons. The number of benzene rings is 1. The highest BCUT2D eigenvalue weighted by atomic mass is 19.1. The van der Waals surface area contributed by atoms with Crippen LogP contribution in [-0.2, 0) is 4.79 Å². The van der Waals surface area contributed by atoms with Crippen LogP contribution in [0.1, 0.15) is 25.5 Å². The van der Waals surface area contributed by atoms with Crippen molar-refractivity contribution in [2.24, 2.45) is 0 Å². The number of nitrogens with zero attached hydrogens (tertiary/aromatic N) is 3. The summed E-state index contributed by atoms with van der Waals surface area (Å²) in [5, 5.41) is 7.22. The molecule has 0 spiro atoms. The summed E-state index contributed by atoms with van der Waals surface area (Å²) in [6, 6.07) is 5.69. The molecule has 1 aromatic carbocycles. The van der Waals surface area contributed by atoms with Crippen LogP contribution >= 0.6 is 0 Å². The van der Waals surface area contributed by atoms with Crippen LogP contribution in [0, 0.1) is 5.82 Å². The van der Waals surface area contributed by atoms with Crippen molar-refractivity contribution in [1.82, 2.24) is 14.8 Å². The fraction of sp³-hybridized carbons (Fsp3) is 0.214. The maximum absolute atomic E-state index is 13.1. The molecule has 3 rings (SSSR count). The van der Waals surface area contributed by atoms with Crippen molar-refractivity contribution < 1.29 is 9.18 Å². The lowest BCUT2D eigenvalue weighted by atomic mass is 9.93. The van der Waals surface area contributed by atoms with E-state index in [1.165, 1.54) is 25.4 Å². The fourth-order valence-corrected chi connectivity index (χ4v) is 2.50. The third-order valence-electron chi connectivity index (χ3n) is 3.36. The van der Waals surface area contributed by atoms with E-state index in [4.69, 9.17) is 0 Å². The predicted octanol–water partition coefficient (Wildman–Crippen LogP) is 2.30. The number of hydrogen-bond donors (Lipinski definition) is 1. The normalized spacial score (nSPS) is 17.6. The molecule has 0 radical (unpaired) electrons. The lowest BCUT2D eigenvalue weighted by Crippen LogP contribution is -2.27. The zero-order valence-electron chi connectivity index (χ0n) is 11.1. The first-order valence-electron chi connectivity index (χ1n) is 6.21. The topological polar surface area (TPSA) is 59.8 Å². The maximum Gasteiger partial charge on any atom is 0.226 e. The van der Waals surface area contributed by atoms with Gasteiger partial charge in [0.25, 0.3) is 0 Å². The molecule has 0 saturated heterocycles. The third kappa shape index (κ3) is 1.89. The number of carbonyl (C=O) groups is 1. The van der Waals surface area contributed by atoms with Crippen molar-refractivity contribution in [3.8, 4) is 0 Å². The molecule has 2 aromatic rings. The van der Waals surface area contributed by atoms with Crippen LogP contribution in [0.25, 0.3) is 0 Å². The van der Waals surface area contributed by atoms with E-state index in [0.717, 1.165) is 11.3 Å². The van der Waals surface area contributed by atoms with Gasteiger partial charge in [-0.2, -0.15) is 10.1 Å². The number of halogens is 1. The van der Waals surface area contributed by atoms with Gasteiger partial charge in [-0.25, -0.2) is 9.07 Å². The number of nitrogens with one attached hydrogen (secondary N) is 1. The molecule has 1 atom stereocenters. The zero-order chi connectivity index (χ0) is 14.3. The summed E-state index contributed by atoms with van der Waals surface area (Å²) in [4.78, 5) is 16.1. The second kappa shape index (κ2) is 4.56. The molecule has 0 bridgehead atoms. The molecule has 5 nitrogen and oxygen atoms in total. The van der Waals surface area contributed by atoms with Gasteiger partial charge < -0.3 is 5.32 Å². The van der Waals surface area contributed by atoms with Gasteiger partial charge in [-0.15, -0.1) is 0 Å². The van der Waals surface area contributed by atoms with Crippen molar-refractivity contribution in [1.29, 1.82) is 0 Å². The van der Waals surface area contributed by atoms with Crippen LogP contribution in [0.15, 0.2) is 41.9 Å². The maximum atomic E-state index is 13.1. The molecule has 1 N–H and O–H groups in total. The fourth-order valence-electron chi connectivity index (χ4n) is 2.50. The van der Waals surface area contributed by atoms with Crippen molar-refractivity contribution in [3.63, 3.8) is 0 Å². The first-order valence-corrected chi connectivity index (χ1v) is 6.21. The second-order valence-corrected chi connectivity index (χ2v) is 4.70. The van der Waals surface area contributed by atoms with Crippen LogP contribution in [0.5, 0.6) is 0 Å². The van der Waals surface area contributed by atoms with Gasteiger partial charge in [-0.3, -0.25) is 4.79 Å². The molecule has 0 fully saturated rings. The Labute approximate surface area is 115 Å². The highest BCUT2D eigenvalue weighted by molar-refractivity contribution is 5.96. The first kappa shape index (κ1) is 12.5. The SMILES string of the molecule is CC(=O)C1=C(C)Nc2ncnn2[C@H]1c1ccc(F)cc1. The van der Waals surface area contributed by atoms with Gasteiger partial charge in [0.05, 0.1) is 0 Å².